The van der Waals surface area contributed by atoms with E-state index in [0.717, 1.165) is 0 Å². The maximum absolute atomic E-state index is 8.93. The molecule has 0 saturated heterocycles. The molecular formula is C32H80O16Ti4. The van der Waals surface area contributed by atoms with Crippen LogP contribution in [0.2, 0.25) is 0 Å². The van der Waals surface area contributed by atoms with Crippen LogP contribution < -0.4 is 81.7 Å². The van der Waals surface area contributed by atoms with Gasteiger partial charge in [-0.25, -0.2) is 0 Å². The van der Waals surface area contributed by atoms with E-state index in [1.54, 1.807) is 111 Å². The molecule has 0 atom stereocenters. The fourth-order valence-electron chi connectivity index (χ4n) is 0. The first-order valence-corrected chi connectivity index (χ1v) is 15.9. The van der Waals surface area contributed by atoms with Crippen LogP contribution in [-0.4, -0.2) is 106 Å². The SMILES string of the molecule is CC[O-].CC[O-].CC[O-].CC[O-].CC[O-].CC[O-].CC[O-].CC[O-].CC[O-].CC[O-].CC[O-].CC[O-].CC[O-].CC[O-].CC[O-].CC[O-].[Ti+4].[Ti+4].[Ti+4].[Ti+4]. The smallest absolute Gasteiger partial charge is 0.855 e. The van der Waals surface area contributed by atoms with Gasteiger partial charge in [0, 0.05) is 0 Å². The Morgan fingerprint density at radius 3 is 0.135 bits per heavy atom. The first-order chi connectivity index (χ1) is 22.6. The van der Waals surface area contributed by atoms with Gasteiger partial charge in [0.25, 0.3) is 0 Å². The molecular weight excluding hydrogens is 832 g/mol. The van der Waals surface area contributed by atoms with E-state index in [-0.39, 0.29) is 193 Å². The van der Waals surface area contributed by atoms with Crippen LogP contribution in [-0.2, 0) is 86.9 Å². The third kappa shape index (κ3) is 27900. The molecule has 0 spiro atoms. The molecule has 0 aliphatic heterocycles. The second kappa shape index (κ2) is 437. The minimum Gasteiger partial charge on any atom is -0.855 e. The maximum atomic E-state index is 8.93. The Morgan fingerprint density at radius 1 is 0.135 bits per heavy atom. The monoisotopic (exact) mass is 912 g/mol. The molecule has 0 aromatic heterocycles. The van der Waals surface area contributed by atoms with E-state index in [4.69, 9.17) is 81.7 Å². The van der Waals surface area contributed by atoms with E-state index in [0.29, 0.717) is 0 Å². The average molecular weight is 912 g/mol. The molecule has 16 nitrogen and oxygen atoms in total. The Morgan fingerprint density at radius 2 is 0.135 bits per heavy atom. The van der Waals surface area contributed by atoms with Gasteiger partial charge < -0.3 is 81.7 Å². The summed E-state index contributed by atoms with van der Waals surface area (Å²) < 4.78 is 0. The van der Waals surface area contributed by atoms with Gasteiger partial charge >= 0.3 is 86.9 Å². The van der Waals surface area contributed by atoms with Crippen LogP contribution in [0.1, 0.15) is 111 Å². The molecule has 0 unspecified atom stereocenters. The van der Waals surface area contributed by atoms with Crippen molar-refractivity contribution in [2.75, 3.05) is 106 Å². The normalized spacial score (nSPS) is 5.54. The molecule has 52 heavy (non-hydrogen) atoms. The van der Waals surface area contributed by atoms with Crippen LogP contribution >= 0.6 is 0 Å². The van der Waals surface area contributed by atoms with Crippen molar-refractivity contribution in [1.82, 2.24) is 0 Å². The van der Waals surface area contributed by atoms with E-state index >= 15 is 0 Å². The number of hydrogen-bond donors (Lipinski definition) is 0. The van der Waals surface area contributed by atoms with Gasteiger partial charge in [-0.05, 0) is 0 Å². The molecule has 0 fully saturated rings. The van der Waals surface area contributed by atoms with Crippen molar-refractivity contribution in [3.63, 3.8) is 0 Å². The van der Waals surface area contributed by atoms with E-state index in [9.17, 15) is 0 Å². The molecule has 20 heteroatoms. The Hall–Kier alpha value is 2.22. The van der Waals surface area contributed by atoms with E-state index in [1.807, 2.05) is 0 Å². The summed E-state index contributed by atoms with van der Waals surface area (Å²) in [7, 11) is 0. The van der Waals surface area contributed by atoms with Crippen LogP contribution in [0.3, 0.4) is 0 Å². The third-order valence-corrected chi connectivity index (χ3v) is 0. The summed E-state index contributed by atoms with van der Waals surface area (Å²) in [6.45, 7) is 25.1. The Labute approximate surface area is 382 Å². The van der Waals surface area contributed by atoms with Gasteiger partial charge in [-0.2, -0.15) is 0 Å². The fourth-order valence-corrected chi connectivity index (χ4v) is 0. The van der Waals surface area contributed by atoms with Gasteiger partial charge in [-0.15, -0.1) is 106 Å². The Bertz CT molecular complexity index is 128. The largest absolute Gasteiger partial charge is 4.00 e. The predicted octanol–water partition coefficient (Wildman–Crippen LogP) is -10.1. The summed E-state index contributed by atoms with van der Waals surface area (Å²) in [5.41, 5.74) is 0. The minimum absolute atomic E-state index is 0. The molecule has 0 aliphatic rings. The summed E-state index contributed by atoms with van der Waals surface area (Å²) in [6, 6.07) is 0. The minimum atomic E-state index is 0. The molecule has 0 rings (SSSR count). The molecule has 0 bridgehead atoms. The van der Waals surface area contributed by atoms with Gasteiger partial charge in [0.1, 0.15) is 0 Å². The average Bonchev–Trinajstić information content (AvgIpc) is 2.96. The number of rotatable bonds is 0. The predicted molar refractivity (Wildman–Crippen MR) is 169 cm³/mol. The molecule has 0 saturated carbocycles. The van der Waals surface area contributed by atoms with Gasteiger partial charge in [0.2, 0.25) is 0 Å². The quantitative estimate of drug-likeness (QED) is 0.204. The zero-order chi connectivity index (χ0) is 43.3. The van der Waals surface area contributed by atoms with Crippen molar-refractivity contribution in [2.24, 2.45) is 0 Å². The summed E-state index contributed by atoms with van der Waals surface area (Å²) in [5, 5.41) is 143. The molecule has 0 aliphatic carbocycles. The summed E-state index contributed by atoms with van der Waals surface area (Å²) in [6.07, 6.45) is 0. The van der Waals surface area contributed by atoms with Crippen molar-refractivity contribution in [1.29, 1.82) is 0 Å². The topological polar surface area (TPSA) is 369 Å². The van der Waals surface area contributed by atoms with Gasteiger partial charge in [0.05, 0.1) is 0 Å². The maximum Gasteiger partial charge on any atom is 4.00 e. The molecule has 0 aromatic carbocycles. The van der Waals surface area contributed by atoms with Gasteiger partial charge in [-0.3, -0.25) is 0 Å². The Kier molecular flexibility index (Phi) is 1100. The first-order valence-electron chi connectivity index (χ1n) is 15.9. The third-order valence-electron chi connectivity index (χ3n) is 0. The second-order valence-electron chi connectivity index (χ2n) is 4.62. The van der Waals surface area contributed by atoms with E-state index in [2.05, 4.69) is 0 Å². The second-order valence-corrected chi connectivity index (χ2v) is 4.62. The van der Waals surface area contributed by atoms with Crippen LogP contribution in [0.15, 0.2) is 0 Å². The molecule has 0 heterocycles. The van der Waals surface area contributed by atoms with Crippen LogP contribution in [0.5, 0.6) is 0 Å². The molecule has 0 amide bonds. The van der Waals surface area contributed by atoms with Crippen molar-refractivity contribution >= 4 is 0 Å². The molecule has 0 radical (unpaired) electrons. The summed E-state index contributed by atoms with van der Waals surface area (Å²) in [4.78, 5) is 0. The Balaban J connectivity index is -0.0000000116. The molecule has 0 N–H and O–H groups in total. The zero-order valence-corrected chi connectivity index (χ0v) is 42.1. The summed E-state index contributed by atoms with van der Waals surface area (Å²) in [5.74, 6) is 0. The van der Waals surface area contributed by atoms with E-state index in [1.165, 1.54) is 0 Å². The van der Waals surface area contributed by atoms with Crippen molar-refractivity contribution < 1.29 is 169 Å². The van der Waals surface area contributed by atoms with Crippen LogP contribution in [0.25, 0.3) is 0 Å². The van der Waals surface area contributed by atoms with Crippen molar-refractivity contribution in [3.8, 4) is 0 Å². The van der Waals surface area contributed by atoms with Crippen molar-refractivity contribution in [3.05, 3.63) is 0 Å². The molecule has 320 valence electrons. The standard InChI is InChI=1S/16C2H5O.4Ti/c16*1-2-3;;;;/h16*2H2,1H3;;;;/q16*-1;4*+4. The van der Waals surface area contributed by atoms with E-state index < -0.39 is 0 Å². The van der Waals surface area contributed by atoms with Gasteiger partial charge in [0.15, 0.2) is 0 Å². The van der Waals surface area contributed by atoms with Gasteiger partial charge in [-0.1, -0.05) is 111 Å². The van der Waals surface area contributed by atoms with Crippen LogP contribution in [0.4, 0.5) is 0 Å². The van der Waals surface area contributed by atoms with Crippen molar-refractivity contribution in [2.45, 2.75) is 111 Å². The molecule has 0 aromatic rings. The van der Waals surface area contributed by atoms with Crippen LogP contribution in [0, 0.1) is 0 Å². The number of hydrogen-bond acceptors (Lipinski definition) is 16. The zero-order valence-electron chi connectivity index (χ0n) is 35.8. The fraction of sp³-hybridized carbons (Fsp3) is 1.00. The summed E-state index contributed by atoms with van der Waals surface area (Å²) >= 11 is 0. The first kappa shape index (κ1) is 131.